The van der Waals surface area contributed by atoms with Crippen molar-refractivity contribution in [3.05, 3.63) is 35.9 Å². The van der Waals surface area contributed by atoms with E-state index in [1.165, 1.54) is 0 Å². The van der Waals surface area contributed by atoms with Gasteiger partial charge in [0.25, 0.3) is 0 Å². The lowest BCUT2D eigenvalue weighted by atomic mass is 9.96. The largest absolute Gasteiger partial charge is 0.456 e. The molecule has 1 heterocycles. The zero-order chi connectivity index (χ0) is 27.6. The highest BCUT2D eigenvalue weighted by molar-refractivity contribution is 6.76. The number of alkyl halides is 4. The minimum absolute atomic E-state index is 0.0384. The van der Waals surface area contributed by atoms with Crippen LogP contribution in [0.5, 0.6) is 0 Å². The second kappa shape index (κ2) is 15.1. The highest BCUT2D eigenvalue weighted by Gasteiger charge is 2.49. The molecule has 0 bridgehead atoms. The smallest absolute Gasteiger partial charge is 0.407 e. The summed E-state index contributed by atoms with van der Waals surface area (Å²) in [7, 11) is -1.48. The van der Waals surface area contributed by atoms with E-state index in [1.54, 1.807) is 0 Å². The number of aliphatic hydroxyl groups is 1. The molecule has 0 saturated carbocycles. The van der Waals surface area contributed by atoms with Gasteiger partial charge in [-0.1, -0.05) is 84.8 Å². The Labute approximate surface area is 237 Å². The van der Waals surface area contributed by atoms with E-state index >= 15 is 0 Å². The third-order valence-corrected chi connectivity index (χ3v) is 7.48. The molecule has 1 fully saturated rings. The molecule has 14 heteroatoms. The van der Waals surface area contributed by atoms with E-state index in [0.29, 0.717) is 6.61 Å². The molecule has 37 heavy (non-hydrogen) atoms. The van der Waals surface area contributed by atoms with Crippen LogP contribution in [-0.4, -0.2) is 85.4 Å². The summed E-state index contributed by atoms with van der Waals surface area (Å²) in [4.78, 5) is 24.6. The van der Waals surface area contributed by atoms with Crippen molar-refractivity contribution in [3.8, 4) is 0 Å². The van der Waals surface area contributed by atoms with Crippen LogP contribution >= 0.6 is 46.4 Å². The third kappa shape index (κ3) is 12.3. The van der Waals surface area contributed by atoms with Crippen LogP contribution in [0.2, 0.25) is 25.7 Å². The summed E-state index contributed by atoms with van der Waals surface area (Å²) in [5.41, 5.74) is 0.928. The van der Waals surface area contributed by atoms with Gasteiger partial charge in [-0.3, -0.25) is 4.79 Å². The zero-order valence-electron chi connectivity index (χ0n) is 20.8. The second-order valence-corrected chi connectivity index (χ2v) is 18.1. The van der Waals surface area contributed by atoms with Crippen LogP contribution in [0.15, 0.2) is 30.3 Å². The molecule has 1 aliphatic rings. The summed E-state index contributed by atoms with van der Waals surface area (Å²) in [6.07, 6.45) is -5.72. The fraction of sp³-hybridized carbons (Fsp3) is 0.652. The standard InChI is InChI=1S/C23H33Cl4NO8Si/c1-37(2,3)10-9-33-21-18(28-22(31)34-14-23(25,26)27)20(36-17(29)11-24)19(30)16(35-21)13-32-12-15-7-5-4-6-8-15/h4-8,16,18-21,30H,9-14H2,1-3H3,(H,28,31)/t16-,18-,19-,20-,21-/m1/s1. The van der Waals surface area contributed by atoms with Gasteiger partial charge in [0, 0.05) is 14.7 Å². The molecule has 1 aromatic rings. The number of halogens is 4. The van der Waals surface area contributed by atoms with Crippen molar-refractivity contribution >= 4 is 66.5 Å². The summed E-state index contributed by atoms with van der Waals surface area (Å²) >= 11 is 22.6. The molecular weight excluding hydrogens is 588 g/mol. The number of amides is 1. The van der Waals surface area contributed by atoms with Crippen molar-refractivity contribution in [2.75, 3.05) is 25.7 Å². The van der Waals surface area contributed by atoms with E-state index in [4.69, 9.17) is 70.1 Å². The van der Waals surface area contributed by atoms with Crippen molar-refractivity contribution in [3.63, 3.8) is 0 Å². The number of rotatable bonds is 12. The van der Waals surface area contributed by atoms with Gasteiger partial charge in [0.2, 0.25) is 3.79 Å². The summed E-state index contributed by atoms with van der Waals surface area (Å²) in [5.74, 6) is -1.27. The Kier molecular flexibility index (Phi) is 13.2. The molecule has 1 amide bonds. The van der Waals surface area contributed by atoms with E-state index in [0.717, 1.165) is 11.6 Å². The molecule has 1 aromatic carbocycles. The SMILES string of the molecule is C[Si](C)(C)CCO[C@@H]1O[C@H](COCc2ccccc2)[C@@H](O)[C@H](OC(=O)CCl)[C@H]1NC(=O)OCC(Cl)(Cl)Cl. The van der Waals surface area contributed by atoms with Crippen LogP contribution in [0.4, 0.5) is 4.79 Å². The molecule has 1 saturated heterocycles. The van der Waals surface area contributed by atoms with E-state index < -0.39 is 67.1 Å². The van der Waals surface area contributed by atoms with Crippen LogP contribution < -0.4 is 5.32 Å². The number of hydrogen-bond donors (Lipinski definition) is 2. The topological polar surface area (TPSA) is 113 Å². The molecule has 2 N–H and O–H groups in total. The van der Waals surface area contributed by atoms with Gasteiger partial charge in [-0.05, 0) is 11.6 Å². The van der Waals surface area contributed by atoms with E-state index in [9.17, 15) is 14.7 Å². The molecule has 2 rings (SSSR count). The Morgan fingerprint density at radius 3 is 2.43 bits per heavy atom. The average Bonchev–Trinajstić information content (AvgIpc) is 2.81. The van der Waals surface area contributed by atoms with Gasteiger partial charge in [-0.2, -0.15) is 0 Å². The van der Waals surface area contributed by atoms with Crippen LogP contribution in [-0.2, 0) is 35.1 Å². The number of aliphatic hydroxyl groups excluding tert-OH is 1. The molecule has 0 aliphatic carbocycles. The predicted molar refractivity (Wildman–Crippen MR) is 144 cm³/mol. The summed E-state index contributed by atoms with van der Waals surface area (Å²) < 4.78 is 26.3. The van der Waals surface area contributed by atoms with Gasteiger partial charge >= 0.3 is 12.1 Å². The Bertz CT molecular complexity index is 855. The number of carbonyl (C=O) groups is 2. The molecule has 5 atom stereocenters. The highest BCUT2D eigenvalue weighted by atomic mass is 35.6. The van der Waals surface area contributed by atoms with Gasteiger partial charge in [-0.15, -0.1) is 11.6 Å². The van der Waals surface area contributed by atoms with Crippen molar-refractivity contribution in [2.24, 2.45) is 0 Å². The van der Waals surface area contributed by atoms with Gasteiger partial charge in [-0.25, -0.2) is 4.79 Å². The quantitative estimate of drug-likeness (QED) is 0.203. The molecular formula is C23H33Cl4NO8Si. The lowest BCUT2D eigenvalue weighted by Crippen LogP contribution is -2.66. The number of carbonyl (C=O) groups excluding carboxylic acids is 2. The van der Waals surface area contributed by atoms with Crippen LogP contribution in [0, 0.1) is 0 Å². The summed E-state index contributed by atoms with van der Waals surface area (Å²) in [6.45, 7) is 6.54. The molecule has 1 aliphatic heterocycles. The molecule has 0 aromatic heterocycles. The molecule has 9 nitrogen and oxygen atoms in total. The van der Waals surface area contributed by atoms with Gasteiger partial charge < -0.3 is 34.1 Å². The Hall–Kier alpha value is -0.823. The molecule has 0 radical (unpaired) electrons. The highest BCUT2D eigenvalue weighted by Crippen LogP contribution is 2.28. The average molecular weight is 621 g/mol. The first-order chi connectivity index (χ1) is 17.3. The van der Waals surface area contributed by atoms with E-state index in [-0.39, 0.29) is 13.2 Å². The number of esters is 1. The van der Waals surface area contributed by atoms with Crippen molar-refractivity contribution in [1.82, 2.24) is 5.32 Å². The summed E-state index contributed by atoms with van der Waals surface area (Å²) in [6, 6.07) is 9.09. The van der Waals surface area contributed by atoms with E-state index in [2.05, 4.69) is 25.0 Å². The number of benzene rings is 1. The van der Waals surface area contributed by atoms with Crippen LogP contribution in [0.1, 0.15) is 5.56 Å². The third-order valence-electron chi connectivity index (χ3n) is 5.23. The minimum Gasteiger partial charge on any atom is -0.456 e. The van der Waals surface area contributed by atoms with E-state index in [1.807, 2.05) is 30.3 Å². The lowest BCUT2D eigenvalue weighted by Gasteiger charge is -2.44. The first kappa shape index (κ1) is 32.4. The Morgan fingerprint density at radius 1 is 1.16 bits per heavy atom. The van der Waals surface area contributed by atoms with Gasteiger partial charge in [0.1, 0.15) is 30.7 Å². The molecule has 0 spiro atoms. The Morgan fingerprint density at radius 2 is 1.84 bits per heavy atom. The monoisotopic (exact) mass is 619 g/mol. The zero-order valence-corrected chi connectivity index (χ0v) is 24.9. The van der Waals surface area contributed by atoms with Crippen molar-refractivity contribution in [2.45, 2.75) is 66.7 Å². The van der Waals surface area contributed by atoms with Crippen molar-refractivity contribution < 1.29 is 38.4 Å². The molecule has 210 valence electrons. The summed E-state index contributed by atoms with van der Waals surface area (Å²) in [5, 5.41) is 13.6. The second-order valence-electron chi connectivity index (χ2n) is 9.67. The van der Waals surface area contributed by atoms with Crippen LogP contribution in [0.3, 0.4) is 0 Å². The maximum absolute atomic E-state index is 12.5. The lowest BCUT2D eigenvalue weighted by molar-refractivity contribution is -0.274. The normalized spacial score (nSPS) is 24.4. The minimum atomic E-state index is -1.83. The maximum Gasteiger partial charge on any atom is 0.407 e. The maximum atomic E-state index is 12.5. The van der Waals surface area contributed by atoms with Crippen LogP contribution in [0.25, 0.3) is 0 Å². The number of ether oxygens (including phenoxy) is 5. The fourth-order valence-corrected chi connectivity index (χ4v) is 4.30. The number of alkyl carbamates (subject to hydrolysis) is 1. The predicted octanol–water partition coefficient (Wildman–Crippen LogP) is 4.26. The number of nitrogens with one attached hydrogen (secondary N) is 1. The Balaban J connectivity index is 2.20. The number of hydrogen-bond acceptors (Lipinski definition) is 8. The van der Waals surface area contributed by atoms with Gasteiger partial charge in [0.05, 0.1) is 13.2 Å². The van der Waals surface area contributed by atoms with Crippen molar-refractivity contribution in [1.29, 1.82) is 0 Å². The first-order valence-corrected chi connectivity index (χ1v) is 17.0. The van der Waals surface area contributed by atoms with Gasteiger partial charge in [0.15, 0.2) is 12.4 Å². The fourth-order valence-electron chi connectivity index (χ4n) is 3.35. The molecule has 0 unspecified atom stereocenters. The first-order valence-electron chi connectivity index (χ1n) is 11.6.